The standard InChI is InChI=1S/C12H26O4S.C3H9NO/c1-2-3-4-5-6-7-8-9-10-11-12-16-17(13,14)15;4-2-1-3-5/h2-12H2,1H3,(H,13,14,15);5H,1-4H2. The molecule has 0 rings (SSSR count). The lowest BCUT2D eigenvalue weighted by Gasteiger charge is -2.02. The first-order valence-electron chi connectivity index (χ1n) is 8.40. The zero-order valence-electron chi connectivity index (χ0n) is 14.0. The molecule has 0 aromatic heterocycles. The Hall–Kier alpha value is -0.210. The van der Waals surface area contributed by atoms with Gasteiger partial charge < -0.3 is 10.8 Å². The smallest absolute Gasteiger partial charge is 0.396 e. The molecule has 0 radical (unpaired) electrons. The van der Waals surface area contributed by atoms with Crippen LogP contribution in [0.25, 0.3) is 0 Å². The highest BCUT2D eigenvalue weighted by Crippen LogP contribution is 2.10. The van der Waals surface area contributed by atoms with E-state index in [0.717, 1.165) is 19.3 Å². The van der Waals surface area contributed by atoms with Crippen LogP contribution in [-0.4, -0.2) is 37.8 Å². The van der Waals surface area contributed by atoms with E-state index in [4.69, 9.17) is 15.4 Å². The highest BCUT2D eigenvalue weighted by atomic mass is 32.3. The van der Waals surface area contributed by atoms with Gasteiger partial charge in [0, 0.05) is 6.61 Å². The Morgan fingerprint density at radius 2 is 1.32 bits per heavy atom. The number of aliphatic hydroxyl groups excluding tert-OH is 1. The molecule has 0 saturated carbocycles. The summed E-state index contributed by atoms with van der Waals surface area (Å²) in [7, 11) is -4.23. The average molecular weight is 342 g/mol. The molecule has 0 spiro atoms. The average Bonchev–Trinajstić information content (AvgIpc) is 2.45. The van der Waals surface area contributed by atoms with Crippen LogP contribution in [0.5, 0.6) is 0 Å². The van der Waals surface area contributed by atoms with Gasteiger partial charge in [-0.25, -0.2) is 4.18 Å². The summed E-state index contributed by atoms with van der Waals surface area (Å²) in [5.41, 5.74) is 4.98. The van der Waals surface area contributed by atoms with E-state index in [9.17, 15) is 8.42 Å². The minimum atomic E-state index is -4.23. The van der Waals surface area contributed by atoms with E-state index in [1.807, 2.05) is 0 Å². The molecule has 0 aliphatic carbocycles. The summed E-state index contributed by atoms with van der Waals surface area (Å²) >= 11 is 0. The molecule has 0 heterocycles. The van der Waals surface area contributed by atoms with E-state index < -0.39 is 10.4 Å². The van der Waals surface area contributed by atoms with Gasteiger partial charge in [-0.3, -0.25) is 4.55 Å². The zero-order valence-corrected chi connectivity index (χ0v) is 14.8. The maximum atomic E-state index is 10.2. The first kappa shape index (κ1) is 24.0. The molecule has 0 aliphatic heterocycles. The molecule has 0 aromatic rings. The SMILES string of the molecule is CCCCCCCCCCCCOS(=O)(=O)O.NCCCO. The van der Waals surface area contributed by atoms with E-state index in [-0.39, 0.29) is 13.2 Å². The quantitative estimate of drug-likeness (QED) is 0.331. The van der Waals surface area contributed by atoms with Crippen LogP contribution in [0.3, 0.4) is 0 Å². The fourth-order valence-corrected chi connectivity index (χ4v) is 2.17. The van der Waals surface area contributed by atoms with Crippen LogP contribution in [0.2, 0.25) is 0 Å². The Kier molecular flexibility index (Phi) is 20.6. The Bertz CT molecular complexity index is 294. The molecular formula is C15H35NO5S. The second-order valence-electron chi connectivity index (χ2n) is 5.30. The summed E-state index contributed by atoms with van der Waals surface area (Å²) < 4.78 is 33.0. The lowest BCUT2D eigenvalue weighted by Crippen LogP contribution is -2.04. The van der Waals surface area contributed by atoms with Crippen molar-refractivity contribution >= 4 is 10.4 Å². The van der Waals surface area contributed by atoms with E-state index in [0.29, 0.717) is 13.0 Å². The molecule has 0 aliphatic rings. The van der Waals surface area contributed by atoms with Crippen LogP contribution in [0, 0.1) is 0 Å². The van der Waals surface area contributed by atoms with Crippen molar-refractivity contribution in [3.8, 4) is 0 Å². The second kappa shape index (κ2) is 18.8. The van der Waals surface area contributed by atoms with Crippen LogP contribution in [0.1, 0.15) is 77.6 Å². The van der Waals surface area contributed by atoms with Gasteiger partial charge in [0.1, 0.15) is 0 Å². The first-order chi connectivity index (χ1) is 10.5. The van der Waals surface area contributed by atoms with Crippen molar-refractivity contribution in [2.24, 2.45) is 5.73 Å². The van der Waals surface area contributed by atoms with Crippen molar-refractivity contribution in [2.75, 3.05) is 19.8 Å². The maximum absolute atomic E-state index is 10.2. The first-order valence-corrected chi connectivity index (χ1v) is 9.77. The molecule has 136 valence electrons. The highest BCUT2D eigenvalue weighted by Gasteiger charge is 2.02. The van der Waals surface area contributed by atoms with Gasteiger partial charge in [-0.15, -0.1) is 0 Å². The molecule has 0 bridgehead atoms. The molecule has 0 unspecified atom stereocenters. The van der Waals surface area contributed by atoms with Gasteiger partial charge in [-0.1, -0.05) is 64.7 Å². The second-order valence-corrected chi connectivity index (χ2v) is 6.39. The van der Waals surface area contributed by atoms with E-state index >= 15 is 0 Å². The zero-order chi connectivity index (χ0) is 17.1. The number of hydrogen-bond acceptors (Lipinski definition) is 5. The van der Waals surface area contributed by atoms with Gasteiger partial charge >= 0.3 is 10.4 Å². The van der Waals surface area contributed by atoms with Gasteiger partial charge in [0.2, 0.25) is 0 Å². The predicted molar refractivity (Wildman–Crippen MR) is 90.1 cm³/mol. The van der Waals surface area contributed by atoms with Crippen LogP contribution < -0.4 is 5.73 Å². The summed E-state index contributed by atoms with van der Waals surface area (Å²) in [5.74, 6) is 0. The van der Waals surface area contributed by atoms with Crippen molar-refractivity contribution in [3.63, 3.8) is 0 Å². The largest absolute Gasteiger partial charge is 0.397 e. The van der Waals surface area contributed by atoms with Crippen LogP contribution in [0.4, 0.5) is 0 Å². The third-order valence-electron chi connectivity index (χ3n) is 3.09. The summed E-state index contributed by atoms with van der Waals surface area (Å²) in [4.78, 5) is 0. The van der Waals surface area contributed by atoms with Crippen molar-refractivity contribution < 1.29 is 22.3 Å². The topological polar surface area (TPSA) is 110 Å². The van der Waals surface area contributed by atoms with Gasteiger partial charge in [-0.2, -0.15) is 8.42 Å². The lowest BCUT2D eigenvalue weighted by molar-refractivity contribution is 0.261. The molecule has 0 atom stereocenters. The highest BCUT2D eigenvalue weighted by molar-refractivity contribution is 7.80. The Balaban J connectivity index is 0. The maximum Gasteiger partial charge on any atom is 0.397 e. The van der Waals surface area contributed by atoms with Gasteiger partial charge in [-0.05, 0) is 19.4 Å². The molecular weight excluding hydrogens is 306 g/mol. The van der Waals surface area contributed by atoms with E-state index in [1.165, 1.54) is 44.9 Å². The Morgan fingerprint density at radius 1 is 0.864 bits per heavy atom. The predicted octanol–water partition coefficient (Wildman–Crippen LogP) is 3.05. The number of aliphatic hydroxyl groups is 1. The van der Waals surface area contributed by atoms with Gasteiger partial charge in [0.15, 0.2) is 0 Å². The van der Waals surface area contributed by atoms with E-state index in [2.05, 4.69) is 11.1 Å². The fraction of sp³-hybridized carbons (Fsp3) is 1.00. The minimum absolute atomic E-state index is 0.0926. The van der Waals surface area contributed by atoms with Crippen molar-refractivity contribution in [1.82, 2.24) is 0 Å². The van der Waals surface area contributed by atoms with Gasteiger partial charge in [0.25, 0.3) is 0 Å². The lowest BCUT2D eigenvalue weighted by atomic mass is 10.1. The molecule has 4 N–H and O–H groups in total. The molecule has 7 heteroatoms. The van der Waals surface area contributed by atoms with E-state index in [1.54, 1.807) is 0 Å². The molecule has 0 fully saturated rings. The molecule has 0 aromatic carbocycles. The van der Waals surface area contributed by atoms with Gasteiger partial charge in [0.05, 0.1) is 6.61 Å². The molecule has 6 nitrogen and oxygen atoms in total. The van der Waals surface area contributed by atoms with Crippen molar-refractivity contribution in [3.05, 3.63) is 0 Å². The van der Waals surface area contributed by atoms with Crippen LogP contribution in [0.15, 0.2) is 0 Å². The van der Waals surface area contributed by atoms with Crippen LogP contribution >= 0.6 is 0 Å². The summed E-state index contributed by atoms with van der Waals surface area (Å²) in [6, 6.07) is 0. The van der Waals surface area contributed by atoms with Crippen molar-refractivity contribution in [2.45, 2.75) is 77.6 Å². The minimum Gasteiger partial charge on any atom is -0.396 e. The number of hydrogen-bond donors (Lipinski definition) is 3. The Morgan fingerprint density at radius 3 is 1.64 bits per heavy atom. The molecule has 0 amide bonds. The summed E-state index contributed by atoms with van der Waals surface area (Å²) in [6.07, 6.45) is 12.6. The molecule has 0 saturated heterocycles. The normalized spacial score (nSPS) is 11.1. The third kappa shape index (κ3) is 28.0. The summed E-state index contributed by atoms with van der Waals surface area (Å²) in [6.45, 7) is 3.12. The third-order valence-corrected chi connectivity index (χ3v) is 3.56. The number of unbranched alkanes of at least 4 members (excludes halogenated alkanes) is 9. The fourth-order valence-electron chi connectivity index (χ4n) is 1.85. The number of nitrogens with two attached hydrogens (primary N) is 1. The molecule has 22 heavy (non-hydrogen) atoms. The van der Waals surface area contributed by atoms with Crippen molar-refractivity contribution in [1.29, 1.82) is 0 Å². The monoisotopic (exact) mass is 341 g/mol. The van der Waals surface area contributed by atoms with Crippen LogP contribution in [-0.2, 0) is 14.6 Å². The summed E-state index contributed by atoms with van der Waals surface area (Å²) in [5, 5.41) is 7.99. The number of rotatable bonds is 14. The Labute approximate surface area is 136 Å².